The average Bonchev–Trinajstić information content (AvgIpc) is 2.81. The van der Waals surface area contributed by atoms with Crippen molar-refractivity contribution in [3.8, 4) is 0 Å². The number of urea groups is 1. The Balaban J connectivity index is 1.84. The molecule has 0 fully saturated rings. The molecule has 0 bridgehead atoms. The second-order valence-electron chi connectivity index (χ2n) is 4.87. The Kier molecular flexibility index (Phi) is 4.35. The molecule has 2 aromatic carbocycles. The van der Waals surface area contributed by atoms with Crippen molar-refractivity contribution in [1.82, 2.24) is 0 Å². The number of fused-ring (bicyclic) bond motifs is 1. The molecule has 0 saturated heterocycles. The Morgan fingerprint density at radius 2 is 1.70 bits per heavy atom. The largest absolute Gasteiger partial charge is 0.323 e. The Hall–Kier alpha value is -1.58. The van der Waals surface area contributed by atoms with E-state index in [1.807, 2.05) is 6.07 Å². The van der Waals surface area contributed by atoms with E-state index < -0.39 is 16.1 Å². The first-order valence-electron chi connectivity index (χ1n) is 6.50. The molecule has 2 aromatic rings. The minimum Gasteiger partial charge on any atom is -0.307 e. The van der Waals surface area contributed by atoms with E-state index in [-0.39, 0.29) is 5.75 Å². The van der Waals surface area contributed by atoms with Crippen LogP contribution in [0.3, 0.4) is 0 Å². The van der Waals surface area contributed by atoms with Crippen molar-refractivity contribution in [2.75, 3.05) is 15.4 Å². The second-order valence-corrected chi connectivity index (χ2v) is 8.30. The first kappa shape index (κ1) is 16.3. The van der Waals surface area contributed by atoms with E-state index in [1.54, 1.807) is 30.3 Å². The van der Waals surface area contributed by atoms with Crippen LogP contribution in [0.4, 0.5) is 21.9 Å². The van der Waals surface area contributed by atoms with E-state index in [0.717, 1.165) is 4.47 Å². The SMILES string of the molecule is O=C(Nc1ccccc1Br)Nc1ccc(Br)c2c1NS(=O)(=O)C2. The Morgan fingerprint density at radius 3 is 2.43 bits per heavy atom. The molecule has 3 N–H and O–H groups in total. The average molecular weight is 461 g/mol. The lowest BCUT2D eigenvalue weighted by atomic mass is 10.2. The summed E-state index contributed by atoms with van der Waals surface area (Å²) >= 11 is 6.67. The molecule has 3 rings (SSSR count). The fourth-order valence-electron chi connectivity index (χ4n) is 2.20. The molecule has 0 saturated carbocycles. The van der Waals surface area contributed by atoms with Gasteiger partial charge in [-0.05, 0) is 40.2 Å². The van der Waals surface area contributed by atoms with Gasteiger partial charge in [0.05, 0.1) is 22.8 Å². The predicted molar refractivity (Wildman–Crippen MR) is 97.2 cm³/mol. The number of amides is 2. The summed E-state index contributed by atoms with van der Waals surface area (Å²) in [5.74, 6) is -0.121. The molecular formula is C14H11Br2N3O3S. The van der Waals surface area contributed by atoms with Crippen LogP contribution < -0.4 is 15.4 Å². The third-order valence-electron chi connectivity index (χ3n) is 3.22. The highest BCUT2D eigenvalue weighted by molar-refractivity contribution is 9.11. The molecule has 1 aliphatic rings. The molecule has 0 aromatic heterocycles. The number of hydrogen-bond donors (Lipinski definition) is 3. The molecule has 23 heavy (non-hydrogen) atoms. The fraction of sp³-hybridized carbons (Fsp3) is 0.0714. The molecular weight excluding hydrogens is 450 g/mol. The highest BCUT2D eigenvalue weighted by Crippen LogP contribution is 2.39. The molecule has 9 heteroatoms. The molecule has 120 valence electrons. The third-order valence-corrected chi connectivity index (χ3v) is 5.84. The standard InChI is InChI=1S/C14H11Br2N3O3S/c15-9-5-6-12(13-8(9)7-23(21,22)19-13)18-14(20)17-11-4-2-1-3-10(11)16/h1-6,19H,7H2,(H2,17,18,20). The first-order chi connectivity index (χ1) is 10.9. The van der Waals surface area contributed by atoms with E-state index in [1.165, 1.54) is 0 Å². The molecule has 1 aliphatic heterocycles. The summed E-state index contributed by atoms with van der Waals surface area (Å²) in [5.41, 5.74) is 2.00. The Labute approximate surface area is 150 Å². The predicted octanol–water partition coefficient (Wildman–Crippen LogP) is 4.11. The zero-order chi connectivity index (χ0) is 16.6. The summed E-state index contributed by atoms with van der Waals surface area (Å²) in [5, 5.41) is 5.36. The van der Waals surface area contributed by atoms with Gasteiger partial charge in [-0.2, -0.15) is 0 Å². The number of para-hydroxylation sites is 1. The Morgan fingerprint density at radius 1 is 1.00 bits per heavy atom. The number of sulfonamides is 1. The summed E-state index contributed by atoms with van der Waals surface area (Å²) in [6.45, 7) is 0. The van der Waals surface area contributed by atoms with Gasteiger partial charge in [0.25, 0.3) is 0 Å². The zero-order valence-electron chi connectivity index (χ0n) is 11.6. The van der Waals surface area contributed by atoms with E-state index in [0.29, 0.717) is 27.1 Å². The van der Waals surface area contributed by atoms with E-state index in [4.69, 9.17) is 0 Å². The Bertz CT molecular complexity index is 900. The van der Waals surface area contributed by atoms with Crippen molar-refractivity contribution in [2.45, 2.75) is 5.75 Å². The topological polar surface area (TPSA) is 87.3 Å². The molecule has 1 heterocycles. The molecule has 0 unspecified atom stereocenters. The third kappa shape index (κ3) is 3.51. The number of nitrogens with one attached hydrogen (secondary N) is 3. The van der Waals surface area contributed by atoms with Gasteiger partial charge in [0.1, 0.15) is 0 Å². The summed E-state index contributed by atoms with van der Waals surface area (Å²) < 4.78 is 27.4. The molecule has 2 amide bonds. The zero-order valence-corrected chi connectivity index (χ0v) is 15.5. The van der Waals surface area contributed by atoms with Gasteiger partial charge in [-0.3, -0.25) is 4.72 Å². The van der Waals surface area contributed by atoms with Crippen molar-refractivity contribution < 1.29 is 13.2 Å². The maximum Gasteiger partial charge on any atom is 0.323 e. The number of carbonyl (C=O) groups excluding carboxylic acids is 1. The van der Waals surface area contributed by atoms with Gasteiger partial charge >= 0.3 is 6.03 Å². The van der Waals surface area contributed by atoms with Crippen LogP contribution in [-0.4, -0.2) is 14.4 Å². The van der Waals surface area contributed by atoms with Crippen molar-refractivity contribution in [2.24, 2.45) is 0 Å². The second kappa shape index (κ2) is 6.14. The van der Waals surface area contributed by atoms with E-state index in [2.05, 4.69) is 47.2 Å². The quantitative estimate of drug-likeness (QED) is 0.630. The lowest BCUT2D eigenvalue weighted by Gasteiger charge is -2.12. The van der Waals surface area contributed by atoms with E-state index >= 15 is 0 Å². The lowest BCUT2D eigenvalue weighted by Crippen LogP contribution is -2.20. The van der Waals surface area contributed by atoms with Gasteiger partial charge in [0.15, 0.2) is 0 Å². The summed E-state index contributed by atoms with van der Waals surface area (Å²) in [6.07, 6.45) is 0. The summed E-state index contributed by atoms with van der Waals surface area (Å²) in [7, 11) is -3.41. The number of halogens is 2. The lowest BCUT2D eigenvalue weighted by molar-refractivity contribution is 0.262. The molecule has 0 spiro atoms. The molecule has 0 radical (unpaired) electrons. The molecule has 0 aliphatic carbocycles. The van der Waals surface area contributed by atoms with Gasteiger partial charge < -0.3 is 10.6 Å². The van der Waals surface area contributed by atoms with Crippen LogP contribution in [0.1, 0.15) is 5.56 Å². The normalized spacial score (nSPS) is 14.7. The van der Waals surface area contributed by atoms with Gasteiger partial charge in [-0.15, -0.1) is 0 Å². The highest BCUT2D eigenvalue weighted by Gasteiger charge is 2.28. The first-order valence-corrected chi connectivity index (χ1v) is 9.74. The van der Waals surface area contributed by atoms with Gasteiger partial charge in [-0.25, -0.2) is 13.2 Å². The number of carbonyl (C=O) groups is 1. The summed E-state index contributed by atoms with van der Waals surface area (Å²) in [4.78, 5) is 12.1. The molecule has 0 atom stereocenters. The van der Waals surface area contributed by atoms with Crippen LogP contribution in [0.2, 0.25) is 0 Å². The van der Waals surface area contributed by atoms with Crippen LogP contribution in [0, 0.1) is 0 Å². The van der Waals surface area contributed by atoms with Crippen molar-refractivity contribution >= 4 is 65.0 Å². The van der Waals surface area contributed by atoms with Crippen LogP contribution in [0.15, 0.2) is 45.3 Å². The van der Waals surface area contributed by atoms with Crippen molar-refractivity contribution in [3.63, 3.8) is 0 Å². The number of anilines is 3. The van der Waals surface area contributed by atoms with Crippen LogP contribution in [0.25, 0.3) is 0 Å². The minimum absolute atomic E-state index is 0.121. The molecule has 6 nitrogen and oxygen atoms in total. The van der Waals surface area contributed by atoms with Crippen LogP contribution >= 0.6 is 31.9 Å². The van der Waals surface area contributed by atoms with E-state index in [9.17, 15) is 13.2 Å². The van der Waals surface area contributed by atoms with Crippen molar-refractivity contribution in [1.29, 1.82) is 0 Å². The van der Waals surface area contributed by atoms with Gasteiger partial charge in [-0.1, -0.05) is 28.1 Å². The van der Waals surface area contributed by atoms with Crippen LogP contribution in [0.5, 0.6) is 0 Å². The summed E-state index contributed by atoms with van der Waals surface area (Å²) in [6, 6.07) is 10.1. The number of rotatable bonds is 2. The maximum absolute atomic E-state index is 12.1. The van der Waals surface area contributed by atoms with Gasteiger partial charge in [0, 0.05) is 14.5 Å². The van der Waals surface area contributed by atoms with Gasteiger partial charge in [0.2, 0.25) is 10.0 Å². The smallest absolute Gasteiger partial charge is 0.307 e. The maximum atomic E-state index is 12.1. The monoisotopic (exact) mass is 459 g/mol. The minimum atomic E-state index is -3.41. The fourth-order valence-corrected chi connectivity index (χ4v) is 4.54. The van der Waals surface area contributed by atoms with Crippen LogP contribution in [-0.2, 0) is 15.8 Å². The van der Waals surface area contributed by atoms with Crippen molar-refractivity contribution in [3.05, 3.63) is 50.9 Å². The number of hydrogen-bond acceptors (Lipinski definition) is 3. The number of benzene rings is 2. The highest BCUT2D eigenvalue weighted by atomic mass is 79.9.